The minimum atomic E-state index is -0.193. The number of hydrogen-bond donors (Lipinski definition) is 3. The molecule has 0 radical (unpaired) electrons. The topological polar surface area (TPSA) is 59.6 Å². The number of piperidine rings is 1. The predicted octanol–water partition coefficient (Wildman–Crippen LogP) is 1.23. The zero-order chi connectivity index (χ0) is 18.3. The average Bonchev–Trinajstić information content (AvgIpc) is 3.08. The number of likely N-dealkylation sites (tertiary alicyclic amines) is 1. The van der Waals surface area contributed by atoms with E-state index in [0.29, 0.717) is 6.17 Å². The first kappa shape index (κ1) is 17.9. The summed E-state index contributed by atoms with van der Waals surface area (Å²) in [7, 11) is 2.03. The van der Waals surface area contributed by atoms with Crippen LogP contribution >= 0.6 is 11.8 Å². The third-order valence-corrected chi connectivity index (χ3v) is 6.98. The highest BCUT2D eigenvalue weighted by Crippen LogP contribution is 2.45. The zero-order valence-corrected chi connectivity index (χ0v) is 16.6. The van der Waals surface area contributed by atoms with Crippen molar-refractivity contribution in [3.63, 3.8) is 0 Å². The number of dihydropyridines is 1. The standard InChI is InChI=1S/C19H29N5OS/c1-4-20-12(2)18(25)22-17-11-26-19(23(17)3)13-5-6-16(21-8-13)24-9-14-7-15(14)10-24/h5-6,8,11-12,14-16,19-21H,4,7,9-10H2,1-3H3,(H,22,25)/t12-,14?,15?,16?,19?/m0/s1. The monoisotopic (exact) mass is 375 g/mol. The van der Waals surface area contributed by atoms with E-state index in [-0.39, 0.29) is 17.3 Å². The third kappa shape index (κ3) is 3.52. The molecule has 1 aliphatic carbocycles. The van der Waals surface area contributed by atoms with Crippen molar-refractivity contribution < 1.29 is 4.79 Å². The molecule has 1 amide bonds. The molecule has 3 N–H and O–H groups in total. The van der Waals surface area contributed by atoms with Gasteiger partial charge in [0.15, 0.2) is 0 Å². The van der Waals surface area contributed by atoms with E-state index < -0.39 is 0 Å². The molecule has 3 heterocycles. The SMILES string of the molecule is CCN[C@@H](C)C(=O)NC1=CSC(C2=CNC(N3CC4CC4C3)C=C2)N1C. The molecule has 3 aliphatic heterocycles. The van der Waals surface area contributed by atoms with Crippen molar-refractivity contribution in [2.24, 2.45) is 11.8 Å². The second-order valence-electron chi connectivity index (χ2n) is 7.70. The van der Waals surface area contributed by atoms with Gasteiger partial charge >= 0.3 is 0 Å². The van der Waals surface area contributed by atoms with Gasteiger partial charge in [-0.3, -0.25) is 9.69 Å². The molecule has 0 aromatic heterocycles. The Kier molecular flexibility index (Phi) is 5.03. The summed E-state index contributed by atoms with van der Waals surface area (Å²) in [5.41, 5.74) is 1.23. The summed E-state index contributed by atoms with van der Waals surface area (Å²) < 4.78 is 0. The summed E-state index contributed by atoms with van der Waals surface area (Å²) in [5.74, 6) is 2.77. The second-order valence-corrected chi connectivity index (χ2v) is 8.65. The summed E-state index contributed by atoms with van der Waals surface area (Å²) in [6.45, 7) is 7.14. The Morgan fingerprint density at radius 3 is 2.85 bits per heavy atom. The lowest BCUT2D eigenvalue weighted by Gasteiger charge is -2.32. The lowest BCUT2D eigenvalue weighted by Crippen LogP contribution is -2.45. The van der Waals surface area contributed by atoms with Gasteiger partial charge in [0.25, 0.3) is 0 Å². The Balaban J connectivity index is 1.30. The number of carbonyl (C=O) groups excluding carboxylic acids is 1. The zero-order valence-electron chi connectivity index (χ0n) is 15.7. The number of thioether (sulfide) groups is 1. The minimum Gasteiger partial charge on any atom is -0.372 e. The molecule has 7 heteroatoms. The van der Waals surface area contributed by atoms with E-state index in [1.54, 1.807) is 11.8 Å². The number of hydrogen-bond acceptors (Lipinski definition) is 6. The highest BCUT2D eigenvalue weighted by atomic mass is 32.2. The lowest BCUT2D eigenvalue weighted by molar-refractivity contribution is -0.122. The molecule has 4 rings (SSSR count). The van der Waals surface area contributed by atoms with Crippen LogP contribution in [0.25, 0.3) is 0 Å². The fourth-order valence-corrected chi connectivity index (χ4v) is 5.10. The minimum absolute atomic E-state index is 0.00477. The third-order valence-electron chi connectivity index (χ3n) is 5.77. The number of amides is 1. The van der Waals surface area contributed by atoms with Crippen LogP contribution in [0, 0.1) is 11.8 Å². The molecule has 4 aliphatic rings. The summed E-state index contributed by atoms with van der Waals surface area (Å²) >= 11 is 1.73. The van der Waals surface area contributed by atoms with Crippen LogP contribution in [0.15, 0.2) is 35.2 Å². The highest BCUT2D eigenvalue weighted by Gasteiger charge is 2.46. The summed E-state index contributed by atoms with van der Waals surface area (Å²) in [6, 6.07) is -0.193. The van der Waals surface area contributed by atoms with E-state index in [9.17, 15) is 4.79 Å². The first-order valence-electron chi connectivity index (χ1n) is 9.58. The van der Waals surface area contributed by atoms with Crippen molar-refractivity contribution in [1.29, 1.82) is 0 Å². The maximum absolute atomic E-state index is 12.2. The van der Waals surface area contributed by atoms with Crippen LogP contribution in [-0.2, 0) is 4.79 Å². The van der Waals surface area contributed by atoms with Crippen LogP contribution in [0.5, 0.6) is 0 Å². The number of fused-ring (bicyclic) bond motifs is 1. The van der Waals surface area contributed by atoms with E-state index in [1.807, 2.05) is 26.3 Å². The maximum Gasteiger partial charge on any atom is 0.242 e. The van der Waals surface area contributed by atoms with Crippen molar-refractivity contribution >= 4 is 17.7 Å². The van der Waals surface area contributed by atoms with Gasteiger partial charge in [0.1, 0.15) is 11.2 Å². The number of likely N-dealkylation sites (N-methyl/N-ethyl adjacent to an activating group) is 2. The average molecular weight is 376 g/mol. The van der Waals surface area contributed by atoms with Crippen molar-refractivity contribution in [3.8, 4) is 0 Å². The van der Waals surface area contributed by atoms with E-state index in [2.05, 4.69) is 44.1 Å². The van der Waals surface area contributed by atoms with E-state index in [1.165, 1.54) is 25.1 Å². The molecular formula is C19H29N5OS. The van der Waals surface area contributed by atoms with Crippen LogP contribution in [0.1, 0.15) is 20.3 Å². The Labute approximate surface area is 160 Å². The number of carbonyl (C=O) groups is 1. The van der Waals surface area contributed by atoms with Gasteiger partial charge in [-0.15, -0.1) is 11.8 Å². The van der Waals surface area contributed by atoms with Gasteiger partial charge in [-0.2, -0.15) is 0 Å². The fraction of sp³-hybridized carbons (Fsp3) is 0.632. The van der Waals surface area contributed by atoms with Crippen molar-refractivity contribution in [1.82, 2.24) is 25.8 Å². The maximum atomic E-state index is 12.2. The molecule has 4 unspecified atom stereocenters. The number of nitrogens with zero attached hydrogens (tertiary/aromatic N) is 2. The smallest absolute Gasteiger partial charge is 0.242 e. The molecule has 142 valence electrons. The van der Waals surface area contributed by atoms with Crippen LogP contribution in [-0.4, -0.2) is 60.0 Å². The van der Waals surface area contributed by atoms with Crippen LogP contribution in [0.2, 0.25) is 0 Å². The molecule has 2 fully saturated rings. The molecular weight excluding hydrogens is 346 g/mol. The summed E-state index contributed by atoms with van der Waals surface area (Å²) in [6.07, 6.45) is 8.42. The Morgan fingerprint density at radius 1 is 1.42 bits per heavy atom. The normalized spacial score (nSPS) is 34.0. The second kappa shape index (κ2) is 7.29. The van der Waals surface area contributed by atoms with Crippen LogP contribution in [0.3, 0.4) is 0 Å². The van der Waals surface area contributed by atoms with Crippen LogP contribution < -0.4 is 16.0 Å². The predicted molar refractivity (Wildman–Crippen MR) is 106 cm³/mol. The van der Waals surface area contributed by atoms with Gasteiger partial charge in [-0.05, 0) is 37.8 Å². The molecule has 0 bridgehead atoms. The van der Waals surface area contributed by atoms with Gasteiger partial charge < -0.3 is 20.9 Å². The quantitative estimate of drug-likeness (QED) is 0.649. The first-order valence-corrected chi connectivity index (χ1v) is 10.5. The molecule has 26 heavy (non-hydrogen) atoms. The van der Waals surface area contributed by atoms with Gasteiger partial charge in [0.2, 0.25) is 5.91 Å². The Morgan fingerprint density at radius 2 is 2.19 bits per heavy atom. The van der Waals surface area contributed by atoms with Gasteiger partial charge in [-0.1, -0.05) is 13.0 Å². The highest BCUT2D eigenvalue weighted by molar-refractivity contribution is 8.03. The van der Waals surface area contributed by atoms with E-state index in [0.717, 1.165) is 24.2 Å². The molecule has 1 saturated carbocycles. The lowest BCUT2D eigenvalue weighted by atomic mass is 10.1. The summed E-state index contributed by atoms with van der Waals surface area (Å²) in [5, 5.41) is 12.0. The molecule has 6 nitrogen and oxygen atoms in total. The van der Waals surface area contributed by atoms with Crippen molar-refractivity contribution in [3.05, 3.63) is 35.2 Å². The molecule has 5 atom stereocenters. The Hall–Kier alpha value is -1.44. The van der Waals surface area contributed by atoms with Crippen molar-refractivity contribution in [2.75, 3.05) is 26.7 Å². The van der Waals surface area contributed by atoms with E-state index in [4.69, 9.17) is 0 Å². The molecule has 0 aromatic carbocycles. The van der Waals surface area contributed by atoms with Crippen LogP contribution in [0.4, 0.5) is 0 Å². The Bertz CT molecular complexity index is 650. The van der Waals surface area contributed by atoms with Gasteiger partial charge in [-0.25, -0.2) is 0 Å². The first-order chi connectivity index (χ1) is 12.6. The summed E-state index contributed by atoms with van der Waals surface area (Å²) in [4.78, 5) is 16.9. The largest absolute Gasteiger partial charge is 0.372 e. The molecule has 0 spiro atoms. The number of rotatable bonds is 6. The number of nitrogens with one attached hydrogen (secondary N) is 3. The fourth-order valence-electron chi connectivity index (χ4n) is 4.01. The molecule has 1 saturated heterocycles. The van der Waals surface area contributed by atoms with E-state index >= 15 is 0 Å². The van der Waals surface area contributed by atoms with Crippen molar-refractivity contribution in [2.45, 2.75) is 37.8 Å². The van der Waals surface area contributed by atoms with Gasteiger partial charge in [0.05, 0.1) is 12.2 Å². The molecule has 0 aromatic rings. The van der Waals surface area contributed by atoms with Gasteiger partial charge in [0, 0.05) is 37.3 Å².